The lowest BCUT2D eigenvalue weighted by atomic mass is 9.68. The Balaban J connectivity index is 1.14. The highest BCUT2D eigenvalue weighted by molar-refractivity contribution is 7.26. The Hall–Kier alpha value is -7.78. The maximum absolute atomic E-state index is 2.64. The molecule has 0 radical (unpaired) electrons. The summed E-state index contributed by atoms with van der Waals surface area (Å²) in [5.41, 5.74) is 20.7. The van der Waals surface area contributed by atoms with Crippen molar-refractivity contribution in [3.8, 4) is 33.4 Å². The van der Waals surface area contributed by atoms with Gasteiger partial charge in [-0.15, -0.1) is 11.3 Å². The number of fused-ring (bicyclic) bond motifs is 16. The first-order valence-corrected chi connectivity index (χ1v) is 23.1. The summed E-state index contributed by atoms with van der Waals surface area (Å²) in [4.78, 5) is 2.64. The molecule has 0 N–H and O–H groups in total. The Morgan fingerprint density at radius 3 is 1.25 bits per heavy atom. The zero-order valence-electron chi connectivity index (χ0n) is 34.9. The van der Waals surface area contributed by atoms with Crippen molar-refractivity contribution in [3.05, 3.63) is 281 Å². The molecule has 0 aliphatic heterocycles. The minimum absolute atomic E-state index is 0.469. The van der Waals surface area contributed by atoms with E-state index < -0.39 is 10.8 Å². The average molecular weight is 830 g/mol. The van der Waals surface area contributed by atoms with Crippen molar-refractivity contribution in [1.29, 1.82) is 0 Å². The minimum atomic E-state index is -0.538. The first kappa shape index (κ1) is 35.8. The normalized spacial score (nSPS) is 14.2. The summed E-state index contributed by atoms with van der Waals surface area (Å²) in [5.74, 6) is 0. The smallest absolute Gasteiger partial charge is 0.0726 e. The van der Waals surface area contributed by atoms with Gasteiger partial charge in [-0.25, -0.2) is 0 Å². The lowest BCUT2D eigenvalue weighted by Gasteiger charge is -2.35. The average Bonchev–Trinajstić information content (AvgIpc) is 4.08. The van der Waals surface area contributed by atoms with E-state index in [1.807, 2.05) is 11.3 Å². The Morgan fingerprint density at radius 2 is 0.672 bits per heavy atom. The van der Waals surface area contributed by atoms with Crippen LogP contribution in [0.25, 0.3) is 53.6 Å². The van der Waals surface area contributed by atoms with E-state index in [2.05, 4.69) is 241 Å². The molecule has 0 bridgehead atoms. The predicted octanol–water partition coefficient (Wildman–Crippen LogP) is 16.2. The third-order valence-corrected chi connectivity index (χ3v) is 15.7. The first-order chi connectivity index (χ1) is 31.8. The van der Waals surface area contributed by atoms with Crippen molar-refractivity contribution in [1.82, 2.24) is 0 Å². The monoisotopic (exact) mass is 829 g/mol. The molecule has 0 unspecified atom stereocenters. The summed E-state index contributed by atoms with van der Waals surface area (Å²) in [6.45, 7) is 0. The van der Waals surface area contributed by atoms with Gasteiger partial charge in [0.05, 0.1) is 27.9 Å². The highest BCUT2D eigenvalue weighted by Gasteiger charge is 2.53. The van der Waals surface area contributed by atoms with Gasteiger partial charge < -0.3 is 4.90 Å². The summed E-state index contributed by atoms with van der Waals surface area (Å²) < 4.78 is 2.57. The molecule has 1 heterocycles. The van der Waals surface area contributed by atoms with Gasteiger partial charge >= 0.3 is 0 Å². The van der Waals surface area contributed by atoms with Crippen molar-refractivity contribution in [2.45, 2.75) is 10.8 Å². The summed E-state index contributed by atoms with van der Waals surface area (Å²) in [7, 11) is 0. The SMILES string of the molecule is c1ccc(C2(c3ccccc3)c3ccccc3-c3c(N(c4cccc5c4-c4ccccc4C54c5ccccc5-c5ccccc54)c4cccc5sc6ccccc6c45)cccc32)cc1. The minimum Gasteiger partial charge on any atom is -0.309 e. The van der Waals surface area contributed by atoms with Crippen molar-refractivity contribution < 1.29 is 0 Å². The van der Waals surface area contributed by atoms with Crippen LogP contribution in [0.5, 0.6) is 0 Å². The highest BCUT2D eigenvalue weighted by Crippen LogP contribution is 2.66. The Kier molecular flexibility index (Phi) is 7.47. The van der Waals surface area contributed by atoms with E-state index in [1.165, 1.54) is 115 Å². The second-order valence-corrected chi connectivity index (χ2v) is 18.5. The second-order valence-electron chi connectivity index (χ2n) is 17.4. The van der Waals surface area contributed by atoms with Gasteiger partial charge in [-0.05, 0) is 97.1 Å². The molecule has 0 atom stereocenters. The van der Waals surface area contributed by atoms with Gasteiger partial charge in [0.25, 0.3) is 0 Å². The molecule has 1 spiro atoms. The standard InChI is InChI=1S/C62H39NS/c1-3-20-40(21-4-1)61(41-22-5-2-6-23-41)49-31-14-9-26-44(49)58-51(61)33-17-35-53(58)63(55-37-19-39-57-60(55)46-28-11-16-38-56(46)64-57)54-36-18-34-52-59(54)45-27-10-15-32-50(45)62(52)47-29-12-7-24-42(47)43-25-8-13-30-48(43)62/h1-39H. The van der Waals surface area contributed by atoms with Crippen LogP contribution in [0.15, 0.2) is 237 Å². The summed E-state index contributed by atoms with van der Waals surface area (Å²) in [6.07, 6.45) is 0. The fraction of sp³-hybridized carbons (Fsp3) is 0.0323. The zero-order valence-corrected chi connectivity index (χ0v) is 35.7. The molecule has 3 aliphatic carbocycles. The highest BCUT2D eigenvalue weighted by atomic mass is 32.1. The van der Waals surface area contributed by atoms with Crippen LogP contribution in [0, 0.1) is 0 Å². The molecule has 0 saturated carbocycles. The lowest BCUT2D eigenvalue weighted by Crippen LogP contribution is -2.28. The van der Waals surface area contributed by atoms with Crippen LogP contribution in [0.2, 0.25) is 0 Å². The fourth-order valence-corrected chi connectivity index (χ4v) is 13.4. The van der Waals surface area contributed by atoms with Crippen molar-refractivity contribution >= 4 is 48.6 Å². The second kappa shape index (κ2) is 13.4. The zero-order chi connectivity index (χ0) is 42.0. The topological polar surface area (TPSA) is 3.24 Å². The van der Waals surface area contributed by atoms with Gasteiger partial charge in [-0.3, -0.25) is 0 Å². The van der Waals surface area contributed by atoms with Crippen LogP contribution >= 0.6 is 11.3 Å². The van der Waals surface area contributed by atoms with E-state index in [4.69, 9.17) is 0 Å². The molecule has 298 valence electrons. The summed E-state index contributed by atoms with van der Waals surface area (Å²) >= 11 is 1.88. The van der Waals surface area contributed by atoms with Crippen LogP contribution < -0.4 is 4.90 Å². The van der Waals surface area contributed by atoms with Crippen LogP contribution in [0.1, 0.15) is 44.5 Å². The molecule has 64 heavy (non-hydrogen) atoms. The van der Waals surface area contributed by atoms with Crippen LogP contribution in [-0.2, 0) is 10.8 Å². The molecule has 1 aromatic heterocycles. The first-order valence-electron chi connectivity index (χ1n) is 22.3. The maximum atomic E-state index is 2.64. The molecular formula is C62H39NS. The Labute approximate surface area is 376 Å². The summed E-state index contributed by atoms with van der Waals surface area (Å²) in [5, 5.41) is 2.56. The van der Waals surface area contributed by atoms with Gasteiger partial charge in [-0.2, -0.15) is 0 Å². The van der Waals surface area contributed by atoms with Crippen molar-refractivity contribution in [2.24, 2.45) is 0 Å². The van der Waals surface area contributed by atoms with Crippen LogP contribution in [0.4, 0.5) is 17.1 Å². The molecule has 14 rings (SSSR count). The van der Waals surface area contributed by atoms with E-state index in [1.54, 1.807) is 0 Å². The molecule has 1 nitrogen and oxygen atoms in total. The van der Waals surface area contributed by atoms with Gasteiger partial charge in [0, 0.05) is 31.3 Å². The number of hydrogen-bond acceptors (Lipinski definition) is 2. The Morgan fingerprint density at radius 1 is 0.281 bits per heavy atom. The largest absolute Gasteiger partial charge is 0.309 e. The van der Waals surface area contributed by atoms with E-state index >= 15 is 0 Å². The fourth-order valence-electron chi connectivity index (χ4n) is 12.3. The third kappa shape index (κ3) is 4.48. The molecule has 10 aromatic carbocycles. The molecule has 2 heteroatoms. The predicted molar refractivity (Wildman–Crippen MR) is 268 cm³/mol. The van der Waals surface area contributed by atoms with Crippen molar-refractivity contribution in [3.63, 3.8) is 0 Å². The molecular weight excluding hydrogens is 791 g/mol. The number of anilines is 3. The van der Waals surface area contributed by atoms with E-state index in [0.717, 1.165) is 0 Å². The van der Waals surface area contributed by atoms with Gasteiger partial charge in [0.15, 0.2) is 0 Å². The summed E-state index contributed by atoms with van der Waals surface area (Å²) in [6, 6.07) is 89.0. The van der Waals surface area contributed by atoms with Crippen LogP contribution in [0.3, 0.4) is 0 Å². The molecule has 3 aliphatic rings. The van der Waals surface area contributed by atoms with E-state index in [-0.39, 0.29) is 0 Å². The van der Waals surface area contributed by atoms with Gasteiger partial charge in [0.2, 0.25) is 0 Å². The van der Waals surface area contributed by atoms with Gasteiger partial charge in [0.1, 0.15) is 0 Å². The van der Waals surface area contributed by atoms with Crippen molar-refractivity contribution in [2.75, 3.05) is 4.90 Å². The number of nitrogens with zero attached hydrogens (tertiary/aromatic N) is 1. The third-order valence-electron chi connectivity index (χ3n) is 14.6. The Bertz CT molecular complexity index is 3510. The molecule has 0 saturated heterocycles. The molecule has 11 aromatic rings. The number of thiophene rings is 1. The number of hydrogen-bond donors (Lipinski definition) is 0. The number of benzene rings is 10. The maximum Gasteiger partial charge on any atom is 0.0726 e. The lowest BCUT2D eigenvalue weighted by molar-refractivity contribution is 0.768. The quantitative estimate of drug-likeness (QED) is 0.167. The molecule has 0 amide bonds. The number of rotatable bonds is 5. The van der Waals surface area contributed by atoms with Crippen LogP contribution in [-0.4, -0.2) is 0 Å². The van der Waals surface area contributed by atoms with E-state index in [9.17, 15) is 0 Å². The molecule has 0 fully saturated rings. The van der Waals surface area contributed by atoms with E-state index in [0.29, 0.717) is 0 Å². The van der Waals surface area contributed by atoms with Gasteiger partial charge in [-0.1, -0.05) is 206 Å².